The summed E-state index contributed by atoms with van der Waals surface area (Å²) in [6.07, 6.45) is 4.20. The number of urea groups is 1. The van der Waals surface area contributed by atoms with Crippen LogP contribution in [0.25, 0.3) is 16.6 Å². The number of aromatic amines is 1. The maximum absolute atomic E-state index is 13.4. The molecule has 0 bridgehead atoms. The fourth-order valence-electron chi connectivity index (χ4n) is 4.25. The van der Waals surface area contributed by atoms with Crippen LogP contribution in [0.5, 0.6) is 0 Å². The molecular weight excluding hydrogens is 430 g/mol. The highest BCUT2D eigenvalue weighted by Crippen LogP contribution is 2.22. The molecule has 2 N–H and O–H groups in total. The zero-order valence-electron chi connectivity index (χ0n) is 19.7. The number of aromatic nitrogens is 3. The van der Waals surface area contributed by atoms with Crippen molar-refractivity contribution in [3.8, 4) is 0 Å². The highest BCUT2D eigenvalue weighted by molar-refractivity contribution is 6.06. The molecule has 3 amide bonds. The Morgan fingerprint density at radius 3 is 2.62 bits per heavy atom. The Kier molecular flexibility index (Phi) is 7.54. The van der Waals surface area contributed by atoms with Gasteiger partial charge in [-0.3, -0.25) is 14.8 Å². The first-order valence-electron chi connectivity index (χ1n) is 11.6. The number of para-hydroxylation sites is 1. The summed E-state index contributed by atoms with van der Waals surface area (Å²) < 4.78 is 0. The Morgan fingerprint density at radius 1 is 1.12 bits per heavy atom. The van der Waals surface area contributed by atoms with Crippen LogP contribution in [-0.4, -0.2) is 83.2 Å². The van der Waals surface area contributed by atoms with Crippen LogP contribution in [-0.2, 0) is 4.79 Å². The number of amides is 3. The number of piperazine rings is 1. The lowest BCUT2D eigenvalue weighted by atomic mass is 10.1. The first-order chi connectivity index (χ1) is 16.6. The average Bonchev–Trinajstić information content (AvgIpc) is 3.31. The molecule has 1 saturated heterocycles. The van der Waals surface area contributed by atoms with E-state index < -0.39 is 0 Å². The van der Waals surface area contributed by atoms with Crippen LogP contribution in [0.3, 0.4) is 0 Å². The van der Waals surface area contributed by atoms with Gasteiger partial charge in [0.1, 0.15) is 0 Å². The van der Waals surface area contributed by atoms with Gasteiger partial charge in [-0.15, -0.1) is 0 Å². The molecule has 0 unspecified atom stereocenters. The number of hydrogen-bond donors (Lipinski definition) is 2. The molecule has 9 heteroatoms. The molecular formula is C25H31N7O2. The first-order valence-corrected chi connectivity index (χ1v) is 11.6. The van der Waals surface area contributed by atoms with E-state index >= 15 is 0 Å². The van der Waals surface area contributed by atoms with E-state index in [4.69, 9.17) is 0 Å². The lowest BCUT2D eigenvalue weighted by molar-refractivity contribution is -0.114. The number of anilines is 1. The van der Waals surface area contributed by atoms with Crippen LogP contribution in [0.1, 0.15) is 19.0 Å². The van der Waals surface area contributed by atoms with Crippen molar-refractivity contribution in [1.29, 1.82) is 0 Å². The van der Waals surface area contributed by atoms with Crippen molar-refractivity contribution in [3.05, 3.63) is 60.4 Å². The zero-order chi connectivity index (χ0) is 23.9. The third kappa shape index (κ3) is 5.43. The van der Waals surface area contributed by atoms with E-state index in [0.29, 0.717) is 12.2 Å². The van der Waals surface area contributed by atoms with E-state index in [1.54, 1.807) is 19.3 Å². The normalized spacial score (nSPS) is 14.9. The fourth-order valence-corrected chi connectivity index (χ4v) is 4.25. The van der Waals surface area contributed by atoms with Crippen LogP contribution in [0, 0.1) is 0 Å². The van der Waals surface area contributed by atoms with Gasteiger partial charge in [-0.1, -0.05) is 18.2 Å². The SMILES string of the molecule is CNC(=O)N1CCN(CCCN(C(=O)/C=C(\C)c2[nH]nc3ncccc23)c2ccccc2)CC1. The quantitative estimate of drug-likeness (QED) is 0.528. The van der Waals surface area contributed by atoms with Gasteiger partial charge >= 0.3 is 6.03 Å². The summed E-state index contributed by atoms with van der Waals surface area (Å²) in [6.45, 7) is 6.50. The Labute approximate surface area is 199 Å². The number of nitrogens with zero attached hydrogens (tertiary/aromatic N) is 5. The van der Waals surface area contributed by atoms with E-state index in [9.17, 15) is 9.59 Å². The van der Waals surface area contributed by atoms with Crippen molar-refractivity contribution in [2.75, 3.05) is 51.2 Å². The van der Waals surface area contributed by atoms with Gasteiger partial charge in [-0.25, -0.2) is 9.78 Å². The second-order valence-electron chi connectivity index (χ2n) is 8.36. The van der Waals surface area contributed by atoms with Crippen LogP contribution >= 0.6 is 0 Å². The minimum atomic E-state index is -0.0697. The number of carbonyl (C=O) groups is 2. The average molecular weight is 462 g/mol. The third-order valence-corrected chi connectivity index (χ3v) is 6.13. The molecule has 3 aromatic rings. The highest BCUT2D eigenvalue weighted by Gasteiger charge is 2.21. The lowest BCUT2D eigenvalue weighted by Crippen LogP contribution is -2.51. The predicted molar refractivity (Wildman–Crippen MR) is 133 cm³/mol. The van der Waals surface area contributed by atoms with Crippen molar-refractivity contribution in [3.63, 3.8) is 0 Å². The molecule has 0 saturated carbocycles. The Balaban J connectivity index is 1.42. The molecule has 0 radical (unpaired) electrons. The fraction of sp³-hybridized carbons (Fsp3) is 0.360. The van der Waals surface area contributed by atoms with E-state index in [1.807, 2.05) is 59.2 Å². The molecule has 0 atom stereocenters. The van der Waals surface area contributed by atoms with Gasteiger partial charge in [0.2, 0.25) is 0 Å². The van der Waals surface area contributed by atoms with Crippen molar-refractivity contribution < 1.29 is 9.59 Å². The minimum Gasteiger partial charge on any atom is -0.341 e. The van der Waals surface area contributed by atoms with E-state index in [2.05, 4.69) is 25.4 Å². The summed E-state index contributed by atoms with van der Waals surface area (Å²) in [5, 5.41) is 10.8. The van der Waals surface area contributed by atoms with E-state index in [-0.39, 0.29) is 11.9 Å². The van der Waals surface area contributed by atoms with Gasteiger partial charge < -0.3 is 15.1 Å². The maximum atomic E-state index is 13.4. The molecule has 0 aliphatic carbocycles. The number of fused-ring (bicyclic) bond motifs is 1. The predicted octanol–water partition coefficient (Wildman–Crippen LogP) is 2.74. The van der Waals surface area contributed by atoms with Crippen molar-refractivity contribution in [1.82, 2.24) is 30.3 Å². The van der Waals surface area contributed by atoms with Gasteiger partial charge in [0.25, 0.3) is 5.91 Å². The molecule has 1 aliphatic heterocycles. The number of hydrogen-bond acceptors (Lipinski definition) is 5. The molecule has 3 heterocycles. The van der Waals surface area contributed by atoms with Crippen molar-refractivity contribution in [2.45, 2.75) is 13.3 Å². The Bertz CT molecular complexity index is 1150. The van der Waals surface area contributed by atoms with Crippen LogP contribution < -0.4 is 10.2 Å². The minimum absolute atomic E-state index is 0.0246. The van der Waals surface area contributed by atoms with Crippen LogP contribution in [0.2, 0.25) is 0 Å². The van der Waals surface area contributed by atoms with E-state index in [1.165, 1.54) is 0 Å². The van der Waals surface area contributed by atoms with Gasteiger partial charge in [0, 0.05) is 63.1 Å². The van der Waals surface area contributed by atoms with E-state index in [0.717, 1.165) is 61.5 Å². The smallest absolute Gasteiger partial charge is 0.317 e. The number of allylic oxidation sites excluding steroid dienone is 1. The number of H-pyrrole nitrogens is 1. The number of benzene rings is 1. The highest BCUT2D eigenvalue weighted by atomic mass is 16.2. The number of pyridine rings is 1. The molecule has 1 fully saturated rings. The summed E-state index contributed by atoms with van der Waals surface area (Å²) in [6, 6.07) is 13.5. The molecule has 178 valence electrons. The topological polar surface area (TPSA) is 97.5 Å². The second kappa shape index (κ2) is 10.9. The summed E-state index contributed by atoms with van der Waals surface area (Å²) in [5.74, 6) is -0.0697. The maximum Gasteiger partial charge on any atom is 0.317 e. The van der Waals surface area contributed by atoms with Crippen LogP contribution in [0.15, 0.2) is 54.7 Å². The number of rotatable bonds is 7. The summed E-state index contributed by atoms with van der Waals surface area (Å²) in [4.78, 5) is 35.4. The summed E-state index contributed by atoms with van der Waals surface area (Å²) in [7, 11) is 1.66. The van der Waals surface area contributed by atoms with Gasteiger partial charge in [0.05, 0.1) is 5.69 Å². The number of carbonyl (C=O) groups excluding carboxylic acids is 2. The third-order valence-electron chi connectivity index (χ3n) is 6.13. The first kappa shape index (κ1) is 23.4. The van der Waals surface area contributed by atoms with Crippen molar-refractivity contribution >= 4 is 34.2 Å². The Hall–Kier alpha value is -3.72. The molecule has 0 spiro atoms. The second-order valence-corrected chi connectivity index (χ2v) is 8.36. The van der Waals surface area contributed by atoms with Crippen LogP contribution in [0.4, 0.5) is 10.5 Å². The Morgan fingerprint density at radius 2 is 1.88 bits per heavy atom. The summed E-state index contributed by atoms with van der Waals surface area (Å²) >= 11 is 0. The molecule has 1 aromatic carbocycles. The number of nitrogens with one attached hydrogen (secondary N) is 2. The van der Waals surface area contributed by atoms with Crippen molar-refractivity contribution in [2.24, 2.45) is 0 Å². The lowest BCUT2D eigenvalue weighted by Gasteiger charge is -2.34. The standard InChI is InChI=1S/C25H31N7O2/c1-19(23-21-10-6-11-27-24(21)29-28-23)18-22(33)32(20-8-4-3-5-9-20)13-7-12-30-14-16-31(17-15-30)25(34)26-2/h3-6,8-11,18H,7,12-17H2,1-2H3,(H,26,34)(H,27,28,29)/b19-18+. The van der Waals surface area contributed by atoms with Gasteiger partial charge in [-0.2, -0.15) is 5.10 Å². The molecule has 4 rings (SSSR count). The molecule has 9 nitrogen and oxygen atoms in total. The molecule has 34 heavy (non-hydrogen) atoms. The van der Waals surface area contributed by atoms with Gasteiger partial charge in [0.15, 0.2) is 5.65 Å². The van der Waals surface area contributed by atoms with Gasteiger partial charge in [-0.05, 0) is 49.7 Å². The monoisotopic (exact) mass is 461 g/mol. The largest absolute Gasteiger partial charge is 0.341 e. The molecule has 1 aliphatic rings. The summed E-state index contributed by atoms with van der Waals surface area (Å²) in [5.41, 5.74) is 3.12. The zero-order valence-corrected chi connectivity index (χ0v) is 19.7. The molecule has 2 aromatic heterocycles.